The zero-order valence-electron chi connectivity index (χ0n) is 22.7. The molecule has 7 nitrogen and oxygen atoms in total. The molecule has 3 fully saturated rings. The number of thiocarbonyl (C=S) groups is 1. The Balaban J connectivity index is 1.34. The fourth-order valence-electron chi connectivity index (χ4n) is 6.17. The molecule has 0 aliphatic carbocycles. The molecule has 3 saturated heterocycles. The Kier molecular flexibility index (Phi) is 8.91. The lowest BCUT2D eigenvalue weighted by Crippen LogP contribution is -2.45. The van der Waals surface area contributed by atoms with Gasteiger partial charge in [-0.3, -0.25) is 0 Å². The highest BCUT2D eigenvalue weighted by Crippen LogP contribution is 2.35. The Morgan fingerprint density at radius 3 is 2.66 bits per heavy atom. The van der Waals surface area contributed by atoms with E-state index in [-0.39, 0.29) is 5.41 Å². The summed E-state index contributed by atoms with van der Waals surface area (Å²) in [5, 5.41) is 8.12. The Labute approximate surface area is 237 Å². The Hall–Kier alpha value is -2.16. The molecule has 0 amide bonds. The molecular formula is C29H41ClN6OS. The quantitative estimate of drug-likeness (QED) is 0.434. The van der Waals surface area contributed by atoms with Crippen LogP contribution in [0.3, 0.4) is 0 Å². The lowest BCUT2D eigenvalue weighted by Gasteiger charge is -2.38. The molecule has 0 bridgehead atoms. The largest absolute Gasteiger partial charge is 0.381 e. The second-order valence-electron chi connectivity index (χ2n) is 11.4. The summed E-state index contributed by atoms with van der Waals surface area (Å²) < 4.78 is 5.70. The molecule has 0 unspecified atom stereocenters. The highest BCUT2D eigenvalue weighted by atomic mass is 35.5. The topological polar surface area (TPSA) is 65.5 Å². The zero-order valence-corrected chi connectivity index (χ0v) is 24.3. The number of benzene rings is 1. The zero-order chi connectivity index (χ0) is 26.5. The first-order valence-electron chi connectivity index (χ1n) is 14.2. The number of hydrogen-bond acceptors (Lipinski definition) is 6. The molecule has 3 aliphatic rings. The van der Waals surface area contributed by atoms with Gasteiger partial charge >= 0.3 is 0 Å². The number of halogens is 1. The molecule has 2 aromatic rings. The van der Waals surface area contributed by atoms with Crippen molar-refractivity contribution in [2.45, 2.75) is 70.3 Å². The van der Waals surface area contributed by atoms with Crippen LogP contribution in [-0.2, 0) is 10.2 Å². The monoisotopic (exact) mass is 556 g/mol. The van der Waals surface area contributed by atoms with Gasteiger partial charge in [-0.05, 0) is 87.7 Å². The fraction of sp³-hybridized carbons (Fsp3) is 0.621. The molecule has 2 atom stereocenters. The molecule has 0 saturated carbocycles. The first-order valence-corrected chi connectivity index (χ1v) is 15.0. The van der Waals surface area contributed by atoms with Crippen LogP contribution in [0.2, 0.25) is 5.02 Å². The van der Waals surface area contributed by atoms with Crippen LogP contribution in [-0.4, -0.2) is 60.5 Å². The summed E-state index contributed by atoms with van der Waals surface area (Å²) in [4.78, 5) is 14.7. The van der Waals surface area contributed by atoms with E-state index in [1.54, 1.807) is 0 Å². The van der Waals surface area contributed by atoms with Gasteiger partial charge < -0.3 is 25.2 Å². The van der Waals surface area contributed by atoms with Gasteiger partial charge in [-0.1, -0.05) is 30.7 Å². The molecule has 3 aliphatic heterocycles. The van der Waals surface area contributed by atoms with E-state index < -0.39 is 0 Å². The lowest BCUT2D eigenvalue weighted by atomic mass is 9.74. The smallest absolute Gasteiger partial charge is 0.232 e. The molecule has 1 aromatic carbocycles. The third-order valence-electron chi connectivity index (χ3n) is 8.48. The van der Waals surface area contributed by atoms with Gasteiger partial charge in [-0.25, -0.2) is 0 Å². The molecule has 0 radical (unpaired) electrons. The van der Waals surface area contributed by atoms with Crippen molar-refractivity contribution in [3.63, 3.8) is 0 Å². The Morgan fingerprint density at radius 1 is 1.08 bits per heavy atom. The molecule has 4 heterocycles. The standard InChI is InChI=1S/C29H41ClN6OS/c1-21-7-6-13-35(19-21)25-18-26(36-14-4-3-8-22(36)2)33-27(32-25)34-28(38)31-20-29(11-15-37-16-12-29)23-9-5-10-24(30)17-23/h5,9-10,17-18,21-22H,3-4,6-8,11-16,19-20H2,1-2H3,(H2,31,32,33,34,38)/t21-,22-/m0/s1. The van der Waals surface area contributed by atoms with Gasteiger partial charge in [0.2, 0.25) is 5.95 Å². The number of ether oxygens (including phenoxy) is 1. The Morgan fingerprint density at radius 2 is 1.89 bits per heavy atom. The van der Waals surface area contributed by atoms with Gasteiger partial charge in [0.15, 0.2) is 5.11 Å². The van der Waals surface area contributed by atoms with E-state index in [2.05, 4.69) is 52.5 Å². The van der Waals surface area contributed by atoms with E-state index in [1.165, 1.54) is 37.7 Å². The van der Waals surface area contributed by atoms with Gasteiger partial charge in [0, 0.05) is 61.9 Å². The third kappa shape index (κ3) is 6.52. The normalized spacial score (nSPS) is 23.7. The van der Waals surface area contributed by atoms with Gasteiger partial charge in [-0.2, -0.15) is 9.97 Å². The second kappa shape index (κ2) is 12.3. The predicted octanol–water partition coefficient (Wildman–Crippen LogP) is 5.78. The van der Waals surface area contributed by atoms with Crippen molar-refractivity contribution in [1.29, 1.82) is 0 Å². The van der Waals surface area contributed by atoms with Crippen LogP contribution in [0.15, 0.2) is 30.3 Å². The maximum atomic E-state index is 6.36. The molecule has 206 valence electrons. The summed E-state index contributed by atoms with van der Waals surface area (Å²) in [6, 6.07) is 10.8. The number of rotatable bonds is 6. The minimum absolute atomic E-state index is 0.0874. The molecule has 2 N–H and O–H groups in total. The molecular weight excluding hydrogens is 516 g/mol. The van der Waals surface area contributed by atoms with Crippen LogP contribution in [0.25, 0.3) is 0 Å². The number of piperidine rings is 2. The van der Waals surface area contributed by atoms with E-state index in [0.29, 0.717) is 29.6 Å². The van der Waals surface area contributed by atoms with Crippen LogP contribution < -0.4 is 20.4 Å². The van der Waals surface area contributed by atoms with Crippen molar-refractivity contribution in [2.24, 2.45) is 5.92 Å². The molecule has 0 spiro atoms. The summed E-state index contributed by atoms with van der Waals surface area (Å²) >= 11 is 12.1. The third-order valence-corrected chi connectivity index (χ3v) is 8.96. The van der Waals surface area contributed by atoms with Gasteiger partial charge in [0.1, 0.15) is 11.6 Å². The summed E-state index contributed by atoms with van der Waals surface area (Å²) in [5.41, 5.74) is 1.14. The summed E-state index contributed by atoms with van der Waals surface area (Å²) in [7, 11) is 0. The number of anilines is 3. The van der Waals surface area contributed by atoms with E-state index in [0.717, 1.165) is 62.3 Å². The summed E-state index contributed by atoms with van der Waals surface area (Å²) in [6.07, 6.45) is 7.96. The van der Waals surface area contributed by atoms with Crippen molar-refractivity contribution in [1.82, 2.24) is 15.3 Å². The first kappa shape index (κ1) is 27.4. The van der Waals surface area contributed by atoms with E-state index in [4.69, 9.17) is 38.5 Å². The van der Waals surface area contributed by atoms with Crippen molar-refractivity contribution in [3.05, 3.63) is 40.9 Å². The highest BCUT2D eigenvalue weighted by Gasteiger charge is 2.35. The number of aromatic nitrogens is 2. The summed E-state index contributed by atoms with van der Waals surface area (Å²) in [5.74, 6) is 3.21. The van der Waals surface area contributed by atoms with Crippen LogP contribution >= 0.6 is 23.8 Å². The maximum Gasteiger partial charge on any atom is 0.232 e. The minimum atomic E-state index is -0.0874. The lowest BCUT2D eigenvalue weighted by molar-refractivity contribution is 0.0515. The van der Waals surface area contributed by atoms with E-state index in [1.807, 2.05) is 12.1 Å². The van der Waals surface area contributed by atoms with Gasteiger partial charge in [0.05, 0.1) is 0 Å². The van der Waals surface area contributed by atoms with E-state index >= 15 is 0 Å². The van der Waals surface area contributed by atoms with Crippen molar-refractivity contribution < 1.29 is 4.74 Å². The molecule has 5 rings (SSSR count). The average Bonchev–Trinajstić information content (AvgIpc) is 2.92. The van der Waals surface area contributed by atoms with Crippen molar-refractivity contribution in [2.75, 3.05) is 54.5 Å². The van der Waals surface area contributed by atoms with Crippen LogP contribution in [0.5, 0.6) is 0 Å². The maximum absolute atomic E-state index is 6.36. The summed E-state index contributed by atoms with van der Waals surface area (Å²) in [6.45, 7) is 9.86. The van der Waals surface area contributed by atoms with Gasteiger partial charge in [-0.15, -0.1) is 0 Å². The second-order valence-corrected chi connectivity index (χ2v) is 12.2. The number of hydrogen-bond donors (Lipinski definition) is 2. The van der Waals surface area contributed by atoms with Crippen LogP contribution in [0.1, 0.15) is 64.4 Å². The number of nitrogens with zero attached hydrogens (tertiary/aromatic N) is 4. The Bertz CT molecular complexity index is 1110. The minimum Gasteiger partial charge on any atom is -0.381 e. The molecule has 38 heavy (non-hydrogen) atoms. The SMILES string of the molecule is C[C@H]1CCCN(c2cc(N3CCCC[C@@H]3C)nc(NC(=S)NCC3(c4cccc(Cl)c4)CCOCC3)n2)C1. The van der Waals surface area contributed by atoms with Crippen molar-refractivity contribution >= 4 is 46.5 Å². The van der Waals surface area contributed by atoms with Crippen LogP contribution in [0, 0.1) is 5.92 Å². The highest BCUT2D eigenvalue weighted by molar-refractivity contribution is 7.80. The van der Waals surface area contributed by atoms with E-state index in [9.17, 15) is 0 Å². The van der Waals surface area contributed by atoms with Gasteiger partial charge in [0.25, 0.3) is 0 Å². The first-order chi connectivity index (χ1) is 18.4. The predicted molar refractivity (Wildman–Crippen MR) is 161 cm³/mol. The molecule has 9 heteroatoms. The molecule has 1 aromatic heterocycles. The van der Waals surface area contributed by atoms with Crippen molar-refractivity contribution in [3.8, 4) is 0 Å². The average molecular weight is 557 g/mol. The number of nitrogens with one attached hydrogen (secondary N) is 2. The fourth-order valence-corrected chi connectivity index (χ4v) is 6.52. The van der Waals surface area contributed by atoms with Crippen LogP contribution in [0.4, 0.5) is 17.6 Å².